The highest BCUT2D eigenvalue weighted by Crippen LogP contribution is 2.43. The molecule has 0 aliphatic rings. The fraction of sp³-hybridized carbons (Fsp3) is 1.00. The molecule has 0 amide bonds. The maximum absolute atomic E-state index is 2.44. The van der Waals surface area contributed by atoms with Gasteiger partial charge in [-0.15, -0.1) is 0 Å². The zero-order chi connectivity index (χ0) is 13.5. The van der Waals surface area contributed by atoms with Gasteiger partial charge in [-0.2, -0.15) is 0 Å². The third-order valence-electron chi connectivity index (χ3n) is 5.03. The Morgan fingerprint density at radius 2 is 1.41 bits per heavy atom. The molecule has 0 nitrogen and oxygen atoms in total. The Balaban J connectivity index is 4.49. The Morgan fingerprint density at radius 3 is 1.76 bits per heavy atom. The smallest absolute Gasteiger partial charge is 0.0300 e. The Kier molecular flexibility index (Phi) is 7.44. The van der Waals surface area contributed by atoms with Crippen LogP contribution in [0.15, 0.2) is 0 Å². The van der Waals surface area contributed by atoms with Gasteiger partial charge in [0.2, 0.25) is 0 Å². The first kappa shape index (κ1) is 17.0. The quantitative estimate of drug-likeness (QED) is 0.428. The molecule has 0 saturated carbocycles. The van der Waals surface area contributed by atoms with E-state index in [9.17, 15) is 0 Å². The van der Waals surface area contributed by atoms with Crippen LogP contribution in [0, 0.1) is 16.7 Å². The molecule has 0 aromatic carbocycles. The molecule has 0 N–H and O–H groups in total. The van der Waals surface area contributed by atoms with Crippen molar-refractivity contribution in [1.82, 2.24) is 0 Å². The Bertz CT molecular complexity index is 181. The van der Waals surface area contributed by atoms with Crippen LogP contribution >= 0.6 is 0 Å². The Morgan fingerprint density at radius 1 is 0.882 bits per heavy atom. The summed E-state index contributed by atoms with van der Waals surface area (Å²) in [5.41, 5.74) is 1.07. The summed E-state index contributed by atoms with van der Waals surface area (Å²) >= 11 is 0. The highest BCUT2D eigenvalue weighted by atomic mass is 14.4. The summed E-state index contributed by atoms with van der Waals surface area (Å²) < 4.78 is 0. The molecule has 0 rings (SSSR count). The standard InChI is InChI=1S/C17H36/c1-8-11-12-13-17(9-2,10-3)14-15(4)16(5,6)7/h15H,8-14H2,1-7H3. The van der Waals surface area contributed by atoms with Crippen LogP contribution < -0.4 is 0 Å². The third-order valence-corrected chi connectivity index (χ3v) is 5.03. The zero-order valence-corrected chi connectivity index (χ0v) is 13.5. The van der Waals surface area contributed by atoms with Crippen molar-refractivity contribution in [3.63, 3.8) is 0 Å². The second-order valence-corrected chi connectivity index (χ2v) is 7.14. The predicted molar refractivity (Wildman–Crippen MR) is 80.4 cm³/mol. The average Bonchev–Trinajstić information content (AvgIpc) is 2.26. The summed E-state index contributed by atoms with van der Waals surface area (Å²) in [4.78, 5) is 0. The van der Waals surface area contributed by atoms with Crippen LogP contribution in [0.2, 0.25) is 0 Å². The molecule has 0 aliphatic heterocycles. The van der Waals surface area contributed by atoms with Crippen LogP contribution in [0.4, 0.5) is 0 Å². The molecule has 104 valence electrons. The lowest BCUT2D eigenvalue weighted by molar-refractivity contribution is 0.121. The molecule has 1 atom stereocenters. The summed E-state index contributed by atoms with van der Waals surface area (Å²) in [5.74, 6) is 0.823. The molecule has 0 aromatic rings. The second kappa shape index (κ2) is 7.44. The molecular formula is C17H36. The SMILES string of the molecule is CCCCCC(CC)(CC)CC(C)C(C)(C)C. The summed E-state index contributed by atoms with van der Waals surface area (Å²) in [5, 5.41) is 0. The van der Waals surface area contributed by atoms with Gasteiger partial charge in [-0.3, -0.25) is 0 Å². The minimum Gasteiger partial charge on any atom is -0.0654 e. The van der Waals surface area contributed by atoms with Gasteiger partial charge in [-0.05, 0) is 29.6 Å². The van der Waals surface area contributed by atoms with E-state index in [0.717, 1.165) is 5.92 Å². The van der Waals surface area contributed by atoms with E-state index in [1.165, 1.54) is 44.9 Å². The van der Waals surface area contributed by atoms with Gasteiger partial charge in [0.1, 0.15) is 0 Å². The molecule has 0 spiro atoms. The maximum Gasteiger partial charge on any atom is -0.0300 e. The minimum atomic E-state index is 0.459. The van der Waals surface area contributed by atoms with Crippen molar-refractivity contribution in [2.24, 2.45) is 16.7 Å². The maximum atomic E-state index is 2.44. The van der Waals surface area contributed by atoms with E-state index < -0.39 is 0 Å². The lowest BCUT2D eigenvalue weighted by Crippen LogP contribution is -2.28. The topological polar surface area (TPSA) is 0 Å². The monoisotopic (exact) mass is 240 g/mol. The Hall–Kier alpha value is 0. The number of hydrogen-bond acceptors (Lipinski definition) is 0. The molecule has 0 heterocycles. The third kappa shape index (κ3) is 5.93. The van der Waals surface area contributed by atoms with Gasteiger partial charge in [0, 0.05) is 0 Å². The molecule has 0 heteroatoms. The molecule has 0 aromatic heterocycles. The lowest BCUT2D eigenvalue weighted by Gasteiger charge is -2.39. The van der Waals surface area contributed by atoms with E-state index in [0.29, 0.717) is 10.8 Å². The van der Waals surface area contributed by atoms with Crippen LogP contribution in [-0.4, -0.2) is 0 Å². The molecule has 0 aliphatic carbocycles. The van der Waals surface area contributed by atoms with Crippen LogP contribution in [0.5, 0.6) is 0 Å². The van der Waals surface area contributed by atoms with E-state index in [1.54, 1.807) is 0 Å². The van der Waals surface area contributed by atoms with E-state index >= 15 is 0 Å². The van der Waals surface area contributed by atoms with Crippen LogP contribution in [-0.2, 0) is 0 Å². The van der Waals surface area contributed by atoms with Gasteiger partial charge in [-0.1, -0.05) is 80.6 Å². The molecule has 0 radical (unpaired) electrons. The van der Waals surface area contributed by atoms with Crippen LogP contribution in [0.25, 0.3) is 0 Å². The van der Waals surface area contributed by atoms with Gasteiger partial charge in [0.15, 0.2) is 0 Å². The number of hydrogen-bond donors (Lipinski definition) is 0. The fourth-order valence-electron chi connectivity index (χ4n) is 2.70. The summed E-state index contributed by atoms with van der Waals surface area (Å²) in [6.07, 6.45) is 9.74. The highest BCUT2D eigenvalue weighted by Gasteiger charge is 2.31. The fourth-order valence-corrected chi connectivity index (χ4v) is 2.70. The van der Waals surface area contributed by atoms with Crippen molar-refractivity contribution in [3.05, 3.63) is 0 Å². The van der Waals surface area contributed by atoms with Crippen molar-refractivity contribution in [2.45, 2.75) is 93.4 Å². The van der Waals surface area contributed by atoms with Crippen molar-refractivity contribution >= 4 is 0 Å². The van der Waals surface area contributed by atoms with Gasteiger partial charge < -0.3 is 0 Å². The largest absolute Gasteiger partial charge is 0.0654 e. The molecule has 17 heavy (non-hydrogen) atoms. The van der Waals surface area contributed by atoms with E-state index in [-0.39, 0.29) is 0 Å². The first-order valence-corrected chi connectivity index (χ1v) is 7.81. The van der Waals surface area contributed by atoms with E-state index in [4.69, 9.17) is 0 Å². The molecule has 0 fully saturated rings. The number of unbranched alkanes of at least 4 members (excludes halogenated alkanes) is 2. The minimum absolute atomic E-state index is 0.459. The van der Waals surface area contributed by atoms with Gasteiger partial charge in [0.05, 0.1) is 0 Å². The van der Waals surface area contributed by atoms with Crippen molar-refractivity contribution in [3.8, 4) is 0 Å². The molecular weight excluding hydrogens is 204 g/mol. The van der Waals surface area contributed by atoms with Crippen LogP contribution in [0.3, 0.4) is 0 Å². The molecule has 1 unspecified atom stereocenters. The van der Waals surface area contributed by atoms with Crippen molar-refractivity contribution < 1.29 is 0 Å². The predicted octanol–water partition coefficient (Wildman–Crippen LogP) is 6.45. The van der Waals surface area contributed by atoms with Crippen LogP contribution in [0.1, 0.15) is 93.4 Å². The first-order valence-electron chi connectivity index (χ1n) is 7.81. The normalized spacial score (nSPS) is 15.0. The van der Waals surface area contributed by atoms with E-state index in [1.807, 2.05) is 0 Å². The van der Waals surface area contributed by atoms with E-state index in [2.05, 4.69) is 48.5 Å². The highest BCUT2D eigenvalue weighted by molar-refractivity contribution is 4.83. The van der Waals surface area contributed by atoms with Gasteiger partial charge in [0.25, 0.3) is 0 Å². The van der Waals surface area contributed by atoms with Gasteiger partial charge >= 0.3 is 0 Å². The zero-order valence-electron chi connectivity index (χ0n) is 13.5. The molecule has 0 bridgehead atoms. The average molecular weight is 240 g/mol. The van der Waals surface area contributed by atoms with Crippen molar-refractivity contribution in [1.29, 1.82) is 0 Å². The molecule has 0 saturated heterocycles. The van der Waals surface area contributed by atoms with Gasteiger partial charge in [-0.25, -0.2) is 0 Å². The van der Waals surface area contributed by atoms with Crippen molar-refractivity contribution in [2.75, 3.05) is 0 Å². The first-order chi connectivity index (χ1) is 7.81. The number of rotatable bonds is 8. The Labute approximate surface area is 111 Å². The lowest BCUT2D eigenvalue weighted by atomic mass is 9.66. The summed E-state index contributed by atoms with van der Waals surface area (Å²) in [7, 11) is 0. The second-order valence-electron chi connectivity index (χ2n) is 7.14. The summed E-state index contributed by atoms with van der Waals surface area (Å²) in [6, 6.07) is 0. The summed E-state index contributed by atoms with van der Waals surface area (Å²) in [6.45, 7) is 16.7.